The minimum atomic E-state index is 0.611. The molecule has 0 aliphatic carbocycles. The van der Waals surface area contributed by atoms with Gasteiger partial charge in [0.2, 0.25) is 0 Å². The van der Waals surface area contributed by atoms with Gasteiger partial charge >= 0.3 is 0 Å². The molecule has 3 nitrogen and oxygen atoms in total. The van der Waals surface area contributed by atoms with E-state index in [9.17, 15) is 0 Å². The fourth-order valence-corrected chi connectivity index (χ4v) is 2.82. The first kappa shape index (κ1) is 16.8. The van der Waals surface area contributed by atoms with Crippen molar-refractivity contribution in [2.24, 2.45) is 0 Å². The lowest BCUT2D eigenvalue weighted by Gasteiger charge is -2.14. The molecular weight excluding hydrogens is 342 g/mol. The summed E-state index contributed by atoms with van der Waals surface area (Å²) in [5.41, 5.74) is 3.71. The molecule has 22 heavy (non-hydrogen) atoms. The first-order valence-electron chi connectivity index (χ1n) is 7.39. The van der Waals surface area contributed by atoms with Gasteiger partial charge in [-0.1, -0.05) is 29.8 Å². The summed E-state index contributed by atoms with van der Waals surface area (Å²) in [4.78, 5) is 0. The average Bonchev–Trinajstić information content (AvgIpc) is 2.51. The highest BCUT2D eigenvalue weighted by Gasteiger charge is 2.11. The van der Waals surface area contributed by atoms with Gasteiger partial charge in [0.05, 0.1) is 18.2 Å². The summed E-state index contributed by atoms with van der Waals surface area (Å²) in [6.45, 7) is 6.28. The summed E-state index contributed by atoms with van der Waals surface area (Å²) < 4.78 is 11.9. The number of nitrogens with one attached hydrogen (secondary N) is 1. The zero-order valence-electron chi connectivity index (χ0n) is 13.3. The van der Waals surface area contributed by atoms with Crippen LogP contribution in [0.4, 0.5) is 0 Å². The molecule has 0 spiro atoms. The maximum Gasteiger partial charge on any atom is 0.175 e. The van der Waals surface area contributed by atoms with E-state index in [1.165, 1.54) is 11.1 Å². The lowest BCUT2D eigenvalue weighted by molar-refractivity contribution is 0.308. The number of aryl methyl sites for hydroxylation is 1. The Morgan fingerprint density at radius 1 is 1.05 bits per heavy atom. The largest absolute Gasteiger partial charge is 0.493 e. The van der Waals surface area contributed by atoms with Crippen LogP contribution >= 0.6 is 15.9 Å². The topological polar surface area (TPSA) is 30.5 Å². The van der Waals surface area contributed by atoms with Crippen molar-refractivity contribution in [2.75, 3.05) is 13.7 Å². The van der Waals surface area contributed by atoms with Gasteiger partial charge in [0.25, 0.3) is 0 Å². The van der Waals surface area contributed by atoms with Gasteiger partial charge in [0.15, 0.2) is 11.5 Å². The Balaban J connectivity index is 2.00. The van der Waals surface area contributed by atoms with Gasteiger partial charge < -0.3 is 14.8 Å². The van der Waals surface area contributed by atoms with E-state index < -0.39 is 0 Å². The summed E-state index contributed by atoms with van der Waals surface area (Å²) in [6, 6.07) is 12.6. The minimum absolute atomic E-state index is 0.611. The number of halogens is 1. The third-order valence-electron chi connectivity index (χ3n) is 3.36. The molecule has 2 aromatic rings. The second-order valence-corrected chi connectivity index (χ2v) is 5.99. The molecule has 0 atom stereocenters. The maximum absolute atomic E-state index is 5.61. The fourth-order valence-electron chi connectivity index (χ4n) is 2.22. The smallest absolute Gasteiger partial charge is 0.175 e. The SMILES string of the molecule is CCOc1c(Br)cc(CNCc2ccc(C)cc2)cc1OC. The zero-order chi connectivity index (χ0) is 15.9. The van der Waals surface area contributed by atoms with Crippen LogP contribution in [0.25, 0.3) is 0 Å². The van der Waals surface area contributed by atoms with Crippen LogP contribution in [0.1, 0.15) is 23.6 Å². The second kappa shape index (κ2) is 8.20. The van der Waals surface area contributed by atoms with E-state index in [1.807, 2.05) is 13.0 Å². The van der Waals surface area contributed by atoms with Gasteiger partial charge in [-0.25, -0.2) is 0 Å². The van der Waals surface area contributed by atoms with E-state index in [-0.39, 0.29) is 0 Å². The Morgan fingerprint density at radius 2 is 1.73 bits per heavy atom. The van der Waals surface area contributed by atoms with Crippen LogP contribution in [-0.2, 0) is 13.1 Å². The number of hydrogen-bond donors (Lipinski definition) is 1. The van der Waals surface area contributed by atoms with Gasteiger partial charge in [-0.3, -0.25) is 0 Å². The predicted octanol–water partition coefficient (Wildman–Crippen LogP) is 4.45. The van der Waals surface area contributed by atoms with E-state index in [1.54, 1.807) is 7.11 Å². The number of ether oxygens (including phenoxy) is 2. The highest BCUT2D eigenvalue weighted by molar-refractivity contribution is 9.10. The van der Waals surface area contributed by atoms with Crippen molar-refractivity contribution in [3.05, 3.63) is 57.6 Å². The fraction of sp³-hybridized carbons (Fsp3) is 0.333. The molecule has 2 rings (SSSR count). The Labute approximate surface area is 140 Å². The lowest BCUT2D eigenvalue weighted by Crippen LogP contribution is -2.13. The molecule has 1 N–H and O–H groups in total. The summed E-state index contributed by atoms with van der Waals surface area (Å²) in [5, 5.41) is 3.45. The highest BCUT2D eigenvalue weighted by Crippen LogP contribution is 2.36. The number of methoxy groups -OCH3 is 1. The molecule has 2 aromatic carbocycles. The summed E-state index contributed by atoms with van der Waals surface area (Å²) in [6.07, 6.45) is 0. The molecule has 0 saturated carbocycles. The van der Waals surface area contributed by atoms with Crippen LogP contribution in [0, 0.1) is 6.92 Å². The van der Waals surface area contributed by atoms with Crippen LogP contribution in [0.2, 0.25) is 0 Å². The summed E-state index contributed by atoms with van der Waals surface area (Å²) in [5.74, 6) is 1.51. The molecule has 118 valence electrons. The number of hydrogen-bond acceptors (Lipinski definition) is 3. The van der Waals surface area contributed by atoms with Crippen LogP contribution in [0.3, 0.4) is 0 Å². The van der Waals surface area contributed by atoms with Crippen LogP contribution in [0.15, 0.2) is 40.9 Å². The van der Waals surface area contributed by atoms with Gasteiger partial charge in [0, 0.05) is 13.1 Å². The first-order chi connectivity index (χ1) is 10.6. The lowest BCUT2D eigenvalue weighted by atomic mass is 10.1. The minimum Gasteiger partial charge on any atom is -0.493 e. The van der Waals surface area contributed by atoms with E-state index in [4.69, 9.17) is 9.47 Å². The van der Waals surface area contributed by atoms with Gasteiger partial charge in [-0.2, -0.15) is 0 Å². The third kappa shape index (κ3) is 4.49. The molecule has 0 aliphatic rings. The maximum atomic E-state index is 5.61. The Morgan fingerprint density at radius 3 is 2.36 bits per heavy atom. The summed E-state index contributed by atoms with van der Waals surface area (Å²) in [7, 11) is 1.66. The molecule has 0 unspecified atom stereocenters. The Kier molecular flexibility index (Phi) is 6.28. The summed E-state index contributed by atoms with van der Waals surface area (Å²) >= 11 is 3.55. The Bertz CT molecular complexity index is 611. The van der Waals surface area contributed by atoms with Crippen molar-refractivity contribution in [3.8, 4) is 11.5 Å². The number of rotatable bonds is 7. The third-order valence-corrected chi connectivity index (χ3v) is 3.95. The van der Waals surface area contributed by atoms with Crippen molar-refractivity contribution in [2.45, 2.75) is 26.9 Å². The average molecular weight is 364 g/mol. The van der Waals surface area contributed by atoms with Crippen LogP contribution in [-0.4, -0.2) is 13.7 Å². The molecule has 0 amide bonds. The van der Waals surface area contributed by atoms with E-state index in [0.29, 0.717) is 6.61 Å². The molecule has 0 aliphatic heterocycles. The second-order valence-electron chi connectivity index (χ2n) is 5.13. The van der Waals surface area contributed by atoms with Crippen LogP contribution in [0.5, 0.6) is 11.5 Å². The van der Waals surface area contributed by atoms with Gasteiger partial charge in [0.1, 0.15) is 0 Å². The quantitative estimate of drug-likeness (QED) is 0.787. The Hall–Kier alpha value is -1.52. The van der Waals surface area contributed by atoms with Crippen molar-refractivity contribution in [1.82, 2.24) is 5.32 Å². The molecule has 4 heteroatoms. The van der Waals surface area contributed by atoms with Gasteiger partial charge in [-0.15, -0.1) is 0 Å². The molecule has 0 aromatic heterocycles. The standard InChI is InChI=1S/C18H22BrNO2/c1-4-22-18-16(19)9-15(10-17(18)21-3)12-20-11-14-7-5-13(2)6-8-14/h5-10,20H,4,11-12H2,1-3H3. The molecular formula is C18H22BrNO2. The predicted molar refractivity (Wildman–Crippen MR) is 93.6 cm³/mol. The van der Waals surface area contributed by atoms with Crippen molar-refractivity contribution < 1.29 is 9.47 Å². The van der Waals surface area contributed by atoms with E-state index in [0.717, 1.165) is 34.6 Å². The zero-order valence-corrected chi connectivity index (χ0v) is 14.9. The monoisotopic (exact) mass is 363 g/mol. The number of benzene rings is 2. The molecule has 0 radical (unpaired) electrons. The molecule has 0 fully saturated rings. The first-order valence-corrected chi connectivity index (χ1v) is 8.18. The van der Waals surface area contributed by atoms with Crippen molar-refractivity contribution in [1.29, 1.82) is 0 Å². The van der Waals surface area contributed by atoms with E-state index in [2.05, 4.69) is 58.5 Å². The van der Waals surface area contributed by atoms with Crippen molar-refractivity contribution in [3.63, 3.8) is 0 Å². The van der Waals surface area contributed by atoms with Crippen molar-refractivity contribution >= 4 is 15.9 Å². The van der Waals surface area contributed by atoms with E-state index >= 15 is 0 Å². The molecule has 0 bridgehead atoms. The molecule has 0 heterocycles. The van der Waals surface area contributed by atoms with Gasteiger partial charge in [-0.05, 0) is 53.0 Å². The highest BCUT2D eigenvalue weighted by atomic mass is 79.9. The van der Waals surface area contributed by atoms with Crippen LogP contribution < -0.4 is 14.8 Å². The normalized spacial score (nSPS) is 10.5. The molecule has 0 saturated heterocycles.